The van der Waals surface area contributed by atoms with Crippen molar-refractivity contribution >= 4 is 27.5 Å². The Balaban J connectivity index is 2.95. The Kier molecular flexibility index (Phi) is 5.06. The molecule has 4 heteroatoms. The minimum absolute atomic E-state index is 0.137. The van der Waals surface area contributed by atoms with Crippen molar-refractivity contribution in [1.82, 2.24) is 5.32 Å². The van der Waals surface area contributed by atoms with E-state index in [1.807, 2.05) is 18.2 Å². The maximum Gasteiger partial charge on any atom is 0.0458 e. The minimum atomic E-state index is 0.137. The van der Waals surface area contributed by atoms with Gasteiger partial charge in [0.1, 0.15) is 0 Å². The lowest BCUT2D eigenvalue weighted by atomic mass is 10.1. The Labute approximate surface area is 104 Å². The zero-order chi connectivity index (χ0) is 11.4. The average Bonchev–Trinajstić information content (AvgIpc) is 2.18. The number of hydrogen-bond donors (Lipinski definition) is 2. The molecule has 0 radical (unpaired) electrons. The van der Waals surface area contributed by atoms with Crippen molar-refractivity contribution < 1.29 is 0 Å². The van der Waals surface area contributed by atoms with Gasteiger partial charge in [0.05, 0.1) is 0 Å². The summed E-state index contributed by atoms with van der Waals surface area (Å²) in [7, 11) is 0. The second kappa shape index (κ2) is 5.85. The highest BCUT2D eigenvalue weighted by atomic mass is 79.9. The van der Waals surface area contributed by atoms with Crippen LogP contribution >= 0.6 is 27.5 Å². The molecule has 84 valence electrons. The SMILES string of the molecule is CC(C)NC(CN)c1cc(Cl)ccc1Br. The fourth-order valence-electron chi connectivity index (χ4n) is 1.47. The normalized spacial score (nSPS) is 13.2. The molecule has 15 heavy (non-hydrogen) atoms. The van der Waals surface area contributed by atoms with Crippen molar-refractivity contribution in [1.29, 1.82) is 0 Å². The van der Waals surface area contributed by atoms with Gasteiger partial charge in [-0.2, -0.15) is 0 Å². The van der Waals surface area contributed by atoms with Gasteiger partial charge in [0.2, 0.25) is 0 Å². The maximum atomic E-state index is 5.96. The van der Waals surface area contributed by atoms with E-state index in [0.29, 0.717) is 12.6 Å². The average molecular weight is 292 g/mol. The van der Waals surface area contributed by atoms with Crippen LogP contribution in [0.3, 0.4) is 0 Å². The van der Waals surface area contributed by atoms with Crippen LogP contribution in [0.5, 0.6) is 0 Å². The molecule has 3 N–H and O–H groups in total. The van der Waals surface area contributed by atoms with E-state index in [0.717, 1.165) is 15.1 Å². The highest BCUT2D eigenvalue weighted by Crippen LogP contribution is 2.26. The molecule has 0 amide bonds. The van der Waals surface area contributed by atoms with Gasteiger partial charge >= 0.3 is 0 Å². The molecule has 0 aromatic heterocycles. The molecule has 0 fully saturated rings. The molecule has 0 aliphatic rings. The summed E-state index contributed by atoms with van der Waals surface area (Å²) < 4.78 is 1.04. The van der Waals surface area contributed by atoms with Crippen molar-refractivity contribution in [2.45, 2.75) is 25.9 Å². The van der Waals surface area contributed by atoms with Crippen molar-refractivity contribution in [2.75, 3.05) is 6.54 Å². The van der Waals surface area contributed by atoms with Crippen LogP contribution in [0.1, 0.15) is 25.5 Å². The number of rotatable bonds is 4. The van der Waals surface area contributed by atoms with Gasteiger partial charge in [0, 0.05) is 28.1 Å². The van der Waals surface area contributed by atoms with Crippen LogP contribution in [0.4, 0.5) is 0 Å². The molecule has 2 nitrogen and oxygen atoms in total. The van der Waals surface area contributed by atoms with E-state index in [1.54, 1.807) is 0 Å². The van der Waals surface area contributed by atoms with Crippen LogP contribution in [0, 0.1) is 0 Å². The molecule has 0 bridgehead atoms. The standard InChI is InChI=1S/C11H16BrClN2/c1-7(2)15-11(6-14)9-5-8(13)3-4-10(9)12/h3-5,7,11,15H,6,14H2,1-2H3. The summed E-state index contributed by atoms with van der Waals surface area (Å²) in [4.78, 5) is 0. The first-order chi connectivity index (χ1) is 7.04. The van der Waals surface area contributed by atoms with Gasteiger partial charge in [0.25, 0.3) is 0 Å². The number of halogens is 2. The third kappa shape index (κ3) is 3.76. The molecule has 1 aromatic rings. The zero-order valence-corrected chi connectivity index (χ0v) is 11.3. The van der Waals surface area contributed by atoms with Crippen molar-refractivity contribution in [3.05, 3.63) is 33.3 Å². The van der Waals surface area contributed by atoms with E-state index in [4.69, 9.17) is 17.3 Å². The Hall–Kier alpha value is -0.0900. The van der Waals surface area contributed by atoms with E-state index in [-0.39, 0.29) is 6.04 Å². The Morgan fingerprint density at radius 2 is 2.13 bits per heavy atom. The van der Waals surface area contributed by atoms with E-state index in [2.05, 4.69) is 35.1 Å². The summed E-state index contributed by atoms with van der Waals surface area (Å²) in [5.41, 5.74) is 6.86. The summed E-state index contributed by atoms with van der Waals surface area (Å²) in [6.07, 6.45) is 0. The first kappa shape index (κ1) is 13.0. The number of benzene rings is 1. The topological polar surface area (TPSA) is 38.0 Å². The quantitative estimate of drug-likeness (QED) is 0.894. The van der Waals surface area contributed by atoms with Crippen molar-refractivity contribution in [2.24, 2.45) is 5.73 Å². The second-order valence-corrected chi connectivity index (χ2v) is 5.07. The lowest BCUT2D eigenvalue weighted by molar-refractivity contribution is 0.482. The molecule has 1 aromatic carbocycles. The molecule has 1 unspecified atom stereocenters. The van der Waals surface area contributed by atoms with Gasteiger partial charge in [-0.05, 0) is 23.8 Å². The van der Waals surface area contributed by atoms with Crippen LogP contribution in [-0.4, -0.2) is 12.6 Å². The van der Waals surface area contributed by atoms with Crippen LogP contribution < -0.4 is 11.1 Å². The smallest absolute Gasteiger partial charge is 0.0458 e. The minimum Gasteiger partial charge on any atom is -0.329 e. The van der Waals surface area contributed by atoms with Gasteiger partial charge in [0.15, 0.2) is 0 Å². The van der Waals surface area contributed by atoms with E-state index >= 15 is 0 Å². The first-order valence-electron chi connectivity index (χ1n) is 4.95. The lowest BCUT2D eigenvalue weighted by Crippen LogP contribution is -2.33. The molecule has 0 saturated carbocycles. The third-order valence-electron chi connectivity index (χ3n) is 2.10. The van der Waals surface area contributed by atoms with Crippen molar-refractivity contribution in [3.8, 4) is 0 Å². The molecule has 0 aliphatic carbocycles. The van der Waals surface area contributed by atoms with Crippen LogP contribution in [0.25, 0.3) is 0 Å². The van der Waals surface area contributed by atoms with Crippen molar-refractivity contribution in [3.63, 3.8) is 0 Å². The third-order valence-corrected chi connectivity index (χ3v) is 3.06. The number of hydrogen-bond acceptors (Lipinski definition) is 2. The number of nitrogens with two attached hydrogens (primary N) is 1. The van der Waals surface area contributed by atoms with E-state index < -0.39 is 0 Å². The summed E-state index contributed by atoms with van der Waals surface area (Å²) in [6, 6.07) is 6.28. The fraction of sp³-hybridized carbons (Fsp3) is 0.455. The van der Waals surface area contributed by atoms with Crippen LogP contribution in [-0.2, 0) is 0 Å². The summed E-state index contributed by atoms with van der Waals surface area (Å²) in [5.74, 6) is 0. The fourth-order valence-corrected chi connectivity index (χ4v) is 2.17. The predicted molar refractivity (Wildman–Crippen MR) is 69.2 cm³/mol. The van der Waals surface area contributed by atoms with Gasteiger partial charge < -0.3 is 11.1 Å². The van der Waals surface area contributed by atoms with Gasteiger partial charge in [-0.1, -0.05) is 41.4 Å². The Morgan fingerprint density at radius 1 is 1.47 bits per heavy atom. The van der Waals surface area contributed by atoms with Gasteiger partial charge in [-0.3, -0.25) is 0 Å². The van der Waals surface area contributed by atoms with Gasteiger partial charge in [-0.15, -0.1) is 0 Å². The summed E-state index contributed by atoms with van der Waals surface area (Å²) >= 11 is 9.47. The molecule has 0 saturated heterocycles. The zero-order valence-electron chi connectivity index (χ0n) is 8.93. The molecule has 1 rings (SSSR count). The summed E-state index contributed by atoms with van der Waals surface area (Å²) in [6.45, 7) is 4.75. The van der Waals surface area contributed by atoms with E-state index in [9.17, 15) is 0 Å². The van der Waals surface area contributed by atoms with E-state index in [1.165, 1.54) is 0 Å². The first-order valence-corrected chi connectivity index (χ1v) is 6.12. The maximum absolute atomic E-state index is 5.96. The molecule has 0 heterocycles. The predicted octanol–water partition coefficient (Wildman–Crippen LogP) is 3.10. The van der Waals surface area contributed by atoms with Crippen LogP contribution in [0.2, 0.25) is 5.02 Å². The largest absolute Gasteiger partial charge is 0.329 e. The van der Waals surface area contributed by atoms with Gasteiger partial charge in [-0.25, -0.2) is 0 Å². The lowest BCUT2D eigenvalue weighted by Gasteiger charge is -2.21. The Morgan fingerprint density at radius 3 is 2.67 bits per heavy atom. The molecule has 0 spiro atoms. The molecule has 0 aliphatic heterocycles. The summed E-state index contributed by atoms with van der Waals surface area (Å²) in [5, 5.41) is 4.13. The monoisotopic (exact) mass is 290 g/mol. The highest BCUT2D eigenvalue weighted by molar-refractivity contribution is 9.10. The highest BCUT2D eigenvalue weighted by Gasteiger charge is 2.13. The second-order valence-electron chi connectivity index (χ2n) is 3.78. The Bertz CT molecular complexity index is 328. The number of nitrogens with one attached hydrogen (secondary N) is 1. The van der Waals surface area contributed by atoms with Crippen LogP contribution in [0.15, 0.2) is 22.7 Å². The molecule has 1 atom stereocenters. The molecular formula is C11H16BrClN2. The molecular weight excluding hydrogens is 275 g/mol.